The van der Waals surface area contributed by atoms with Crippen LogP contribution < -0.4 is 25.4 Å². The molecule has 1 heterocycles. The molecule has 0 saturated carbocycles. The molecule has 0 aliphatic rings. The Labute approximate surface area is 270 Å². The number of benzene rings is 4. The number of amides is 3. The van der Waals surface area contributed by atoms with Crippen molar-refractivity contribution in [1.82, 2.24) is 5.32 Å². The Morgan fingerprint density at radius 1 is 0.739 bits per heavy atom. The van der Waals surface area contributed by atoms with Crippen LogP contribution in [-0.4, -0.2) is 37.7 Å². The topological polar surface area (TPSA) is 119 Å². The van der Waals surface area contributed by atoms with Gasteiger partial charge in [-0.2, -0.15) is 0 Å². The summed E-state index contributed by atoms with van der Waals surface area (Å²) in [5.74, 6) is 1.14. The van der Waals surface area contributed by atoms with Gasteiger partial charge in [0.1, 0.15) is 28.7 Å². The van der Waals surface area contributed by atoms with Gasteiger partial charge in [0.25, 0.3) is 11.8 Å². The largest absolute Gasteiger partial charge is 0.496 e. The minimum Gasteiger partial charge on any atom is -0.496 e. The lowest BCUT2D eigenvalue weighted by atomic mass is 10.1. The number of anilines is 2. The average Bonchev–Trinajstić information content (AvgIpc) is 3.56. The van der Waals surface area contributed by atoms with Gasteiger partial charge in [-0.15, -0.1) is 11.8 Å². The number of hydrogen-bond donors (Lipinski definition) is 3. The normalized spacial score (nSPS) is 11.0. The molecule has 0 aliphatic carbocycles. The standard InChI is InChI=1S/C36H31N3O6S/c1-43-31-14-8-6-12-28(31)32-21-18-26(45-32)22-30(39-35(41)24-10-4-3-5-11-24)36(42)37-25-16-19-27(20-17-25)46-23-34(40)38-29-13-7-9-15-33(29)44-2/h3-22H,23H2,1-2H3,(H,37,42)(H,38,40)(H,39,41)/b30-22+. The molecule has 232 valence electrons. The van der Waals surface area contributed by atoms with Crippen LogP contribution in [0.5, 0.6) is 11.5 Å². The van der Waals surface area contributed by atoms with E-state index in [1.54, 1.807) is 93.1 Å². The van der Waals surface area contributed by atoms with Crippen molar-refractivity contribution in [2.45, 2.75) is 4.90 Å². The van der Waals surface area contributed by atoms with E-state index >= 15 is 0 Å². The maximum atomic E-state index is 13.5. The average molecular weight is 634 g/mol. The fourth-order valence-corrected chi connectivity index (χ4v) is 5.12. The summed E-state index contributed by atoms with van der Waals surface area (Å²) in [5.41, 5.74) is 2.23. The predicted molar refractivity (Wildman–Crippen MR) is 180 cm³/mol. The molecule has 3 amide bonds. The van der Waals surface area contributed by atoms with Gasteiger partial charge >= 0.3 is 0 Å². The zero-order valence-corrected chi connectivity index (χ0v) is 25.9. The molecule has 0 saturated heterocycles. The molecule has 1 aromatic heterocycles. The van der Waals surface area contributed by atoms with E-state index in [-0.39, 0.29) is 17.4 Å². The molecular weight excluding hydrogens is 602 g/mol. The third-order valence-electron chi connectivity index (χ3n) is 6.68. The zero-order chi connectivity index (χ0) is 32.3. The van der Waals surface area contributed by atoms with Crippen molar-refractivity contribution in [1.29, 1.82) is 0 Å². The molecule has 0 aliphatic heterocycles. The Hall–Kier alpha value is -5.74. The highest BCUT2D eigenvalue weighted by atomic mass is 32.2. The molecule has 0 radical (unpaired) electrons. The second kappa shape index (κ2) is 15.3. The number of hydrogen-bond acceptors (Lipinski definition) is 7. The van der Waals surface area contributed by atoms with E-state index in [0.29, 0.717) is 40.0 Å². The van der Waals surface area contributed by atoms with Gasteiger partial charge in [0.05, 0.1) is 31.2 Å². The van der Waals surface area contributed by atoms with Crippen molar-refractivity contribution in [2.75, 3.05) is 30.6 Å². The van der Waals surface area contributed by atoms with Gasteiger partial charge in [0.2, 0.25) is 5.91 Å². The zero-order valence-electron chi connectivity index (χ0n) is 25.1. The van der Waals surface area contributed by atoms with Crippen LogP contribution in [0.3, 0.4) is 0 Å². The van der Waals surface area contributed by atoms with Gasteiger partial charge in [0, 0.05) is 22.2 Å². The third-order valence-corrected chi connectivity index (χ3v) is 7.69. The monoisotopic (exact) mass is 633 g/mol. The lowest BCUT2D eigenvalue weighted by molar-refractivity contribution is -0.114. The smallest absolute Gasteiger partial charge is 0.272 e. The quantitative estimate of drug-likeness (QED) is 0.0990. The SMILES string of the molecule is COc1ccccc1NC(=O)CSc1ccc(NC(=O)/C(=C\c2ccc(-c3ccccc3OC)o2)NC(=O)c2ccccc2)cc1. The van der Waals surface area contributed by atoms with Crippen molar-refractivity contribution in [3.05, 3.63) is 132 Å². The van der Waals surface area contributed by atoms with E-state index in [4.69, 9.17) is 13.9 Å². The Morgan fingerprint density at radius 3 is 2.15 bits per heavy atom. The van der Waals surface area contributed by atoms with E-state index in [1.165, 1.54) is 17.8 Å². The summed E-state index contributed by atoms with van der Waals surface area (Å²) < 4.78 is 16.7. The minimum atomic E-state index is -0.545. The maximum absolute atomic E-state index is 13.5. The molecule has 0 unspecified atom stereocenters. The number of carbonyl (C=O) groups is 3. The van der Waals surface area contributed by atoms with Gasteiger partial charge in [0.15, 0.2) is 0 Å². The number of rotatable bonds is 12. The molecule has 5 aromatic rings. The van der Waals surface area contributed by atoms with Gasteiger partial charge in [-0.05, 0) is 72.8 Å². The fourth-order valence-electron chi connectivity index (χ4n) is 4.42. The Kier molecular flexibility index (Phi) is 10.5. The molecule has 3 N–H and O–H groups in total. The Balaban J connectivity index is 1.28. The first-order valence-corrected chi connectivity index (χ1v) is 15.2. The number of thioether (sulfide) groups is 1. The van der Waals surface area contributed by atoms with Crippen molar-refractivity contribution >= 4 is 46.9 Å². The summed E-state index contributed by atoms with van der Waals surface area (Å²) in [5, 5.41) is 8.39. The van der Waals surface area contributed by atoms with Crippen molar-refractivity contribution in [2.24, 2.45) is 0 Å². The first-order valence-electron chi connectivity index (χ1n) is 14.2. The third kappa shape index (κ3) is 8.25. The van der Waals surface area contributed by atoms with Crippen LogP contribution in [0.1, 0.15) is 16.1 Å². The number of methoxy groups -OCH3 is 2. The number of para-hydroxylation sites is 3. The van der Waals surface area contributed by atoms with Crippen molar-refractivity contribution < 1.29 is 28.3 Å². The van der Waals surface area contributed by atoms with Gasteiger partial charge in [-0.3, -0.25) is 14.4 Å². The summed E-state index contributed by atoms with van der Waals surface area (Å²) in [4.78, 5) is 39.8. The molecule has 0 bridgehead atoms. The summed E-state index contributed by atoms with van der Waals surface area (Å²) >= 11 is 1.35. The minimum absolute atomic E-state index is 0.0127. The van der Waals surface area contributed by atoms with Crippen LogP contribution in [0, 0.1) is 0 Å². The van der Waals surface area contributed by atoms with Crippen LogP contribution in [0.2, 0.25) is 0 Å². The first kappa shape index (κ1) is 31.7. The summed E-state index contributed by atoms with van der Waals surface area (Å²) in [6.45, 7) is 0. The van der Waals surface area contributed by atoms with E-state index in [9.17, 15) is 14.4 Å². The lowest BCUT2D eigenvalue weighted by Gasteiger charge is -2.12. The van der Waals surface area contributed by atoms with Crippen molar-refractivity contribution in [3.8, 4) is 22.8 Å². The van der Waals surface area contributed by atoms with E-state index in [2.05, 4.69) is 16.0 Å². The highest BCUT2D eigenvalue weighted by molar-refractivity contribution is 8.00. The molecule has 10 heteroatoms. The molecule has 4 aromatic carbocycles. The molecule has 46 heavy (non-hydrogen) atoms. The van der Waals surface area contributed by atoms with Crippen LogP contribution in [0.25, 0.3) is 17.4 Å². The van der Waals surface area contributed by atoms with Gasteiger partial charge < -0.3 is 29.8 Å². The first-order chi connectivity index (χ1) is 22.4. The van der Waals surface area contributed by atoms with Crippen LogP contribution >= 0.6 is 11.8 Å². The number of carbonyl (C=O) groups excluding carboxylic acids is 3. The summed E-state index contributed by atoms with van der Waals surface area (Å²) in [6.07, 6.45) is 1.47. The molecule has 0 atom stereocenters. The number of nitrogens with one attached hydrogen (secondary N) is 3. The van der Waals surface area contributed by atoms with Gasteiger partial charge in [-0.1, -0.05) is 42.5 Å². The van der Waals surface area contributed by atoms with E-state index in [1.807, 2.05) is 36.4 Å². The van der Waals surface area contributed by atoms with Crippen molar-refractivity contribution in [3.63, 3.8) is 0 Å². The summed E-state index contributed by atoms with van der Waals surface area (Å²) in [6, 6.07) is 33.7. The number of ether oxygens (including phenoxy) is 2. The second-order valence-corrected chi connectivity index (χ2v) is 10.8. The van der Waals surface area contributed by atoms with Gasteiger partial charge in [-0.25, -0.2) is 0 Å². The fraction of sp³-hybridized carbons (Fsp3) is 0.0833. The second-order valence-electron chi connectivity index (χ2n) is 9.80. The Bertz CT molecular complexity index is 1850. The highest BCUT2D eigenvalue weighted by Crippen LogP contribution is 2.31. The summed E-state index contributed by atoms with van der Waals surface area (Å²) in [7, 11) is 3.13. The highest BCUT2D eigenvalue weighted by Gasteiger charge is 2.17. The molecular formula is C36H31N3O6S. The molecule has 0 spiro atoms. The molecule has 0 fully saturated rings. The maximum Gasteiger partial charge on any atom is 0.272 e. The molecule has 9 nitrogen and oxygen atoms in total. The van der Waals surface area contributed by atoms with E-state index in [0.717, 1.165) is 10.5 Å². The van der Waals surface area contributed by atoms with Crippen LogP contribution in [0.15, 0.2) is 130 Å². The van der Waals surface area contributed by atoms with Crippen LogP contribution in [0.4, 0.5) is 11.4 Å². The Morgan fingerprint density at radius 2 is 1.41 bits per heavy atom. The predicted octanol–water partition coefficient (Wildman–Crippen LogP) is 7.10. The lowest BCUT2D eigenvalue weighted by Crippen LogP contribution is -2.30. The van der Waals surface area contributed by atoms with Crippen LogP contribution in [-0.2, 0) is 9.59 Å². The molecule has 5 rings (SSSR count). The van der Waals surface area contributed by atoms with E-state index < -0.39 is 11.8 Å². The number of furan rings is 1.